The Morgan fingerprint density at radius 2 is 2.00 bits per heavy atom. The fourth-order valence-corrected chi connectivity index (χ4v) is 2.37. The van der Waals surface area contributed by atoms with Crippen molar-refractivity contribution in [2.24, 2.45) is 0 Å². The number of likely N-dealkylation sites (N-methyl/N-ethyl adjacent to an activating group) is 1. The van der Waals surface area contributed by atoms with Crippen molar-refractivity contribution < 1.29 is 9.21 Å². The molecule has 2 rings (SSSR count). The second kappa shape index (κ2) is 8.34. The lowest BCUT2D eigenvalue weighted by atomic mass is 10.0. The minimum absolute atomic E-state index is 0.126. The highest BCUT2D eigenvalue weighted by Gasteiger charge is 2.14. The molecule has 0 radical (unpaired) electrons. The Balaban J connectivity index is 1.95. The molecule has 0 unspecified atom stereocenters. The Morgan fingerprint density at radius 1 is 1.26 bits per heavy atom. The predicted molar refractivity (Wildman–Crippen MR) is 93.0 cm³/mol. The fourth-order valence-electron chi connectivity index (χ4n) is 2.37. The van der Waals surface area contributed by atoms with Gasteiger partial charge in [0.1, 0.15) is 5.76 Å². The normalized spacial score (nSPS) is 12.7. The Kier molecular flexibility index (Phi) is 6.18. The zero-order valence-electron chi connectivity index (χ0n) is 14.0. The molecule has 0 spiro atoms. The van der Waals surface area contributed by atoms with Gasteiger partial charge in [0.2, 0.25) is 5.91 Å². The number of aryl methyl sites for hydroxylation is 1. The Labute approximate surface area is 137 Å². The molecule has 0 fully saturated rings. The maximum Gasteiger partial charge on any atom is 0.244 e. The maximum atomic E-state index is 11.9. The lowest BCUT2D eigenvalue weighted by Crippen LogP contribution is -2.33. The number of furan rings is 1. The van der Waals surface area contributed by atoms with Gasteiger partial charge in [0, 0.05) is 12.6 Å². The van der Waals surface area contributed by atoms with Gasteiger partial charge in [-0.3, -0.25) is 4.79 Å². The van der Waals surface area contributed by atoms with Crippen molar-refractivity contribution in [3.63, 3.8) is 0 Å². The first-order valence-corrected chi connectivity index (χ1v) is 7.85. The number of nitrogens with zero attached hydrogens (tertiary/aromatic N) is 1. The average Bonchev–Trinajstić information content (AvgIpc) is 3.07. The third-order valence-electron chi connectivity index (χ3n) is 3.81. The van der Waals surface area contributed by atoms with Crippen LogP contribution in [0.4, 0.5) is 0 Å². The Hall–Kier alpha value is -2.33. The minimum Gasteiger partial charge on any atom is -0.465 e. The van der Waals surface area contributed by atoms with E-state index in [0.29, 0.717) is 12.3 Å². The van der Waals surface area contributed by atoms with Crippen LogP contribution in [-0.2, 0) is 11.2 Å². The Bertz CT molecular complexity index is 628. The number of hydrogen-bond donors (Lipinski definition) is 1. The molecule has 0 aliphatic heterocycles. The molecule has 1 heterocycles. The van der Waals surface area contributed by atoms with E-state index >= 15 is 0 Å². The van der Waals surface area contributed by atoms with Crippen LogP contribution in [0.1, 0.15) is 29.9 Å². The van der Waals surface area contributed by atoms with Crippen molar-refractivity contribution in [1.82, 2.24) is 10.2 Å². The van der Waals surface area contributed by atoms with Gasteiger partial charge in [0.15, 0.2) is 0 Å². The molecular weight excluding hydrogens is 288 g/mol. The van der Waals surface area contributed by atoms with E-state index in [-0.39, 0.29) is 11.9 Å². The molecule has 1 atom stereocenters. The molecule has 2 aromatic rings. The monoisotopic (exact) mass is 312 g/mol. The molecule has 4 nitrogen and oxygen atoms in total. The zero-order valence-corrected chi connectivity index (χ0v) is 14.0. The number of nitrogens with one attached hydrogen (secondary N) is 1. The Morgan fingerprint density at radius 3 is 2.57 bits per heavy atom. The summed E-state index contributed by atoms with van der Waals surface area (Å²) >= 11 is 0. The average molecular weight is 312 g/mol. The number of carbonyl (C=O) groups is 1. The smallest absolute Gasteiger partial charge is 0.244 e. The van der Waals surface area contributed by atoms with Crippen LogP contribution in [0.2, 0.25) is 0 Å². The van der Waals surface area contributed by atoms with E-state index in [1.807, 2.05) is 20.2 Å². The van der Waals surface area contributed by atoms with Gasteiger partial charge in [-0.2, -0.15) is 0 Å². The topological polar surface area (TPSA) is 45.5 Å². The summed E-state index contributed by atoms with van der Waals surface area (Å²) < 4.78 is 5.16. The molecule has 122 valence electrons. The second-order valence-corrected chi connectivity index (χ2v) is 5.67. The highest BCUT2D eigenvalue weighted by atomic mass is 16.3. The molecule has 1 aromatic carbocycles. The highest BCUT2D eigenvalue weighted by Crippen LogP contribution is 2.18. The first-order chi connectivity index (χ1) is 11.1. The first kappa shape index (κ1) is 17.0. The van der Waals surface area contributed by atoms with Crippen LogP contribution in [0.5, 0.6) is 0 Å². The van der Waals surface area contributed by atoms with E-state index in [4.69, 9.17) is 4.42 Å². The van der Waals surface area contributed by atoms with Gasteiger partial charge in [0.05, 0.1) is 12.3 Å². The van der Waals surface area contributed by atoms with Crippen molar-refractivity contribution >= 4 is 12.0 Å². The molecule has 1 amide bonds. The number of carbonyl (C=O) groups excluding carboxylic acids is 1. The zero-order chi connectivity index (χ0) is 16.7. The van der Waals surface area contributed by atoms with Crippen LogP contribution >= 0.6 is 0 Å². The predicted octanol–water partition coefficient (Wildman–Crippen LogP) is 3.27. The highest BCUT2D eigenvalue weighted by molar-refractivity contribution is 5.91. The molecule has 0 bridgehead atoms. The van der Waals surface area contributed by atoms with E-state index < -0.39 is 0 Å². The van der Waals surface area contributed by atoms with Gasteiger partial charge in [-0.25, -0.2) is 0 Å². The number of amides is 1. The van der Waals surface area contributed by atoms with Gasteiger partial charge in [-0.15, -0.1) is 0 Å². The van der Waals surface area contributed by atoms with Crippen LogP contribution in [0, 0.1) is 0 Å². The molecule has 4 heteroatoms. The van der Waals surface area contributed by atoms with Crippen molar-refractivity contribution in [3.8, 4) is 0 Å². The van der Waals surface area contributed by atoms with Crippen LogP contribution < -0.4 is 5.32 Å². The number of hydrogen-bond acceptors (Lipinski definition) is 3. The maximum absolute atomic E-state index is 11.9. The van der Waals surface area contributed by atoms with Crippen molar-refractivity contribution in [2.45, 2.75) is 19.4 Å². The summed E-state index contributed by atoms with van der Waals surface area (Å²) in [4.78, 5) is 14.0. The first-order valence-electron chi connectivity index (χ1n) is 7.85. The SMILES string of the molecule is CCc1ccc([C@@H](CNC(=O)/C=C/c2ccco2)N(C)C)cc1. The minimum atomic E-state index is -0.126. The molecule has 1 N–H and O–H groups in total. The van der Waals surface area contributed by atoms with Crippen LogP contribution in [0.25, 0.3) is 6.08 Å². The van der Waals surface area contributed by atoms with Crippen LogP contribution in [-0.4, -0.2) is 31.4 Å². The third-order valence-corrected chi connectivity index (χ3v) is 3.81. The van der Waals surface area contributed by atoms with Crippen molar-refractivity contribution in [3.05, 3.63) is 65.6 Å². The molecular formula is C19H24N2O2. The molecule has 1 aromatic heterocycles. The van der Waals surface area contributed by atoms with Crippen LogP contribution in [0.3, 0.4) is 0 Å². The number of rotatable bonds is 7. The lowest BCUT2D eigenvalue weighted by Gasteiger charge is -2.25. The molecule has 23 heavy (non-hydrogen) atoms. The fraction of sp³-hybridized carbons (Fsp3) is 0.316. The summed E-state index contributed by atoms with van der Waals surface area (Å²) in [5.41, 5.74) is 2.51. The summed E-state index contributed by atoms with van der Waals surface area (Å²) in [6.07, 6.45) is 5.77. The van der Waals surface area contributed by atoms with E-state index in [1.165, 1.54) is 17.2 Å². The van der Waals surface area contributed by atoms with E-state index in [9.17, 15) is 4.79 Å². The van der Waals surface area contributed by atoms with E-state index in [0.717, 1.165) is 6.42 Å². The van der Waals surface area contributed by atoms with Gasteiger partial charge < -0.3 is 14.6 Å². The summed E-state index contributed by atoms with van der Waals surface area (Å²) in [5.74, 6) is 0.540. The van der Waals surface area contributed by atoms with Crippen molar-refractivity contribution in [1.29, 1.82) is 0 Å². The number of benzene rings is 1. The summed E-state index contributed by atoms with van der Waals surface area (Å²) in [7, 11) is 4.03. The largest absolute Gasteiger partial charge is 0.465 e. The van der Waals surface area contributed by atoms with E-state index in [2.05, 4.69) is 41.4 Å². The van der Waals surface area contributed by atoms with Gasteiger partial charge in [-0.05, 0) is 49.9 Å². The van der Waals surface area contributed by atoms with Gasteiger partial charge in [-0.1, -0.05) is 31.2 Å². The summed E-state index contributed by atoms with van der Waals surface area (Å²) in [5, 5.41) is 2.94. The van der Waals surface area contributed by atoms with E-state index in [1.54, 1.807) is 18.4 Å². The summed E-state index contributed by atoms with van der Waals surface area (Å²) in [6, 6.07) is 12.3. The van der Waals surface area contributed by atoms with Crippen molar-refractivity contribution in [2.75, 3.05) is 20.6 Å². The van der Waals surface area contributed by atoms with Gasteiger partial charge in [0.25, 0.3) is 0 Å². The molecule has 0 aliphatic rings. The second-order valence-electron chi connectivity index (χ2n) is 5.67. The standard InChI is InChI=1S/C19H24N2O2/c1-4-15-7-9-16(10-8-15)18(21(2)3)14-20-19(22)12-11-17-6-5-13-23-17/h5-13,18H,4,14H2,1-3H3,(H,20,22)/b12-11+/t18-/m1/s1. The lowest BCUT2D eigenvalue weighted by molar-refractivity contribution is -0.116. The van der Waals surface area contributed by atoms with Gasteiger partial charge >= 0.3 is 0 Å². The van der Waals surface area contributed by atoms with Crippen LogP contribution in [0.15, 0.2) is 53.2 Å². The third kappa shape index (κ3) is 5.11. The molecule has 0 saturated carbocycles. The molecule has 0 saturated heterocycles. The quantitative estimate of drug-likeness (QED) is 0.798. The summed E-state index contributed by atoms with van der Waals surface area (Å²) in [6.45, 7) is 2.70. The molecule has 0 aliphatic carbocycles.